The molecular formula is C21H20O3. The topological polar surface area (TPSA) is 43.4 Å². The van der Waals surface area contributed by atoms with Gasteiger partial charge < -0.3 is 4.74 Å². The van der Waals surface area contributed by atoms with Gasteiger partial charge in [-0.2, -0.15) is 0 Å². The average molecular weight is 320 g/mol. The summed E-state index contributed by atoms with van der Waals surface area (Å²) in [6, 6.07) is 17.8. The van der Waals surface area contributed by atoms with E-state index in [0.29, 0.717) is 18.6 Å². The second-order valence-corrected chi connectivity index (χ2v) is 6.77. The van der Waals surface area contributed by atoms with Crippen LogP contribution in [-0.2, 0) is 9.59 Å². The van der Waals surface area contributed by atoms with E-state index in [0.717, 1.165) is 12.0 Å². The summed E-state index contributed by atoms with van der Waals surface area (Å²) < 4.78 is 5.56. The zero-order chi connectivity index (χ0) is 16.7. The molecule has 0 aromatic heterocycles. The van der Waals surface area contributed by atoms with Crippen LogP contribution < -0.4 is 4.74 Å². The number of carbonyl (C=O) groups is 2. The molecule has 0 spiro atoms. The monoisotopic (exact) mass is 320 g/mol. The zero-order valence-electron chi connectivity index (χ0n) is 13.7. The van der Waals surface area contributed by atoms with Crippen LogP contribution in [0.2, 0.25) is 0 Å². The summed E-state index contributed by atoms with van der Waals surface area (Å²) in [5.74, 6) is 0.337. The predicted molar refractivity (Wildman–Crippen MR) is 91.0 cm³/mol. The van der Waals surface area contributed by atoms with E-state index < -0.39 is 5.41 Å². The van der Waals surface area contributed by atoms with Crippen LogP contribution in [-0.4, -0.2) is 11.8 Å². The largest absolute Gasteiger partial charge is 0.425 e. The van der Waals surface area contributed by atoms with E-state index in [9.17, 15) is 9.59 Å². The highest BCUT2D eigenvalue weighted by Gasteiger charge is 2.66. The maximum Gasteiger partial charge on any atom is 0.325 e. The molecule has 0 N–H and O–H groups in total. The molecule has 0 bridgehead atoms. The van der Waals surface area contributed by atoms with Gasteiger partial charge in [0.1, 0.15) is 11.2 Å². The van der Waals surface area contributed by atoms with Gasteiger partial charge in [-0.1, -0.05) is 55.5 Å². The number of ether oxygens (including phenoxy) is 1. The maximum atomic E-state index is 12.9. The third kappa shape index (κ3) is 1.97. The van der Waals surface area contributed by atoms with Gasteiger partial charge in [0.25, 0.3) is 0 Å². The zero-order valence-corrected chi connectivity index (χ0v) is 13.7. The number of hydrogen-bond donors (Lipinski definition) is 0. The van der Waals surface area contributed by atoms with Crippen molar-refractivity contribution in [3.8, 4) is 5.75 Å². The summed E-state index contributed by atoms with van der Waals surface area (Å²) in [5, 5.41) is 0. The van der Waals surface area contributed by atoms with Crippen molar-refractivity contribution in [2.24, 2.45) is 5.41 Å². The molecule has 3 heteroatoms. The molecule has 24 heavy (non-hydrogen) atoms. The van der Waals surface area contributed by atoms with E-state index in [1.54, 1.807) is 0 Å². The molecule has 1 unspecified atom stereocenters. The lowest BCUT2D eigenvalue weighted by molar-refractivity contribution is -0.165. The molecule has 2 aromatic rings. The van der Waals surface area contributed by atoms with Crippen LogP contribution >= 0.6 is 0 Å². The molecule has 0 radical (unpaired) electrons. The third-order valence-electron chi connectivity index (χ3n) is 5.50. The van der Waals surface area contributed by atoms with E-state index in [1.807, 2.05) is 49.4 Å². The Bertz CT molecular complexity index is 796. The molecule has 0 amide bonds. The Balaban J connectivity index is 1.83. The minimum atomic E-state index is -0.995. The second-order valence-electron chi connectivity index (χ2n) is 6.77. The molecule has 4 rings (SSSR count). The van der Waals surface area contributed by atoms with Crippen LogP contribution in [0.25, 0.3) is 0 Å². The summed E-state index contributed by atoms with van der Waals surface area (Å²) >= 11 is 0. The Hall–Kier alpha value is -2.42. The second kappa shape index (κ2) is 5.59. The quantitative estimate of drug-likeness (QED) is 0.481. The van der Waals surface area contributed by atoms with Crippen molar-refractivity contribution in [1.82, 2.24) is 0 Å². The number of Topliss-reactive ketones (excluding diaryl/α,β-unsaturated/α-hetero) is 1. The average Bonchev–Trinajstić information content (AvgIpc) is 2.56. The molecule has 3 atom stereocenters. The van der Waals surface area contributed by atoms with Crippen molar-refractivity contribution in [3.05, 3.63) is 65.7 Å². The lowest BCUT2D eigenvalue weighted by atomic mass is 9.47. The van der Waals surface area contributed by atoms with Crippen molar-refractivity contribution in [1.29, 1.82) is 0 Å². The Morgan fingerprint density at radius 2 is 1.83 bits per heavy atom. The first-order valence-electron chi connectivity index (χ1n) is 8.58. The molecule has 2 aromatic carbocycles. The molecule has 2 aliphatic rings. The lowest BCUT2D eigenvalue weighted by Gasteiger charge is -2.55. The predicted octanol–water partition coefficient (Wildman–Crippen LogP) is 4.23. The lowest BCUT2D eigenvalue weighted by Crippen LogP contribution is -2.59. The normalized spacial score (nSPS) is 27.5. The van der Waals surface area contributed by atoms with Crippen molar-refractivity contribution in [3.63, 3.8) is 0 Å². The number of esters is 1. The van der Waals surface area contributed by atoms with Crippen molar-refractivity contribution in [2.45, 2.75) is 38.0 Å². The minimum absolute atomic E-state index is 0.0293. The van der Waals surface area contributed by atoms with Gasteiger partial charge in [-0.3, -0.25) is 9.59 Å². The van der Waals surface area contributed by atoms with E-state index in [2.05, 4.69) is 12.1 Å². The number of rotatable bonds is 4. The molecule has 1 aliphatic heterocycles. The van der Waals surface area contributed by atoms with Crippen LogP contribution in [0, 0.1) is 5.41 Å². The Morgan fingerprint density at radius 3 is 2.58 bits per heavy atom. The molecule has 1 aliphatic carbocycles. The Labute approximate surface area is 141 Å². The van der Waals surface area contributed by atoms with Crippen LogP contribution in [0.3, 0.4) is 0 Å². The van der Waals surface area contributed by atoms with Crippen molar-refractivity contribution >= 4 is 11.8 Å². The summed E-state index contributed by atoms with van der Waals surface area (Å²) in [5.41, 5.74) is 1.18. The molecular weight excluding hydrogens is 300 g/mol. The number of fused-ring (bicyclic) bond motifs is 3. The van der Waals surface area contributed by atoms with Crippen LogP contribution in [0.15, 0.2) is 54.6 Å². The van der Waals surface area contributed by atoms with Gasteiger partial charge in [-0.15, -0.1) is 0 Å². The number of hydrogen-bond acceptors (Lipinski definition) is 3. The maximum absolute atomic E-state index is 12.9. The van der Waals surface area contributed by atoms with Crippen LogP contribution in [0.1, 0.15) is 49.1 Å². The SMILES string of the molecule is CCCC(=O)[C@@]12CC(c3ccccc3)[C@@H]1c1ccccc1OC2=O. The van der Waals surface area contributed by atoms with Gasteiger partial charge in [0, 0.05) is 17.9 Å². The fourth-order valence-corrected chi connectivity index (χ4v) is 4.35. The number of benzene rings is 2. The van der Waals surface area contributed by atoms with Gasteiger partial charge in [-0.25, -0.2) is 0 Å². The van der Waals surface area contributed by atoms with E-state index in [4.69, 9.17) is 4.74 Å². The van der Waals surface area contributed by atoms with E-state index in [1.165, 1.54) is 5.56 Å². The number of carbonyl (C=O) groups excluding carboxylic acids is 2. The fourth-order valence-electron chi connectivity index (χ4n) is 4.35. The summed E-state index contributed by atoms with van der Waals surface area (Å²) in [4.78, 5) is 25.7. The van der Waals surface area contributed by atoms with Crippen LogP contribution in [0.5, 0.6) is 5.75 Å². The van der Waals surface area contributed by atoms with E-state index >= 15 is 0 Å². The molecule has 122 valence electrons. The number of para-hydroxylation sites is 1. The molecule has 1 heterocycles. The number of ketones is 1. The highest BCUT2D eigenvalue weighted by Crippen LogP contribution is 2.66. The molecule has 3 nitrogen and oxygen atoms in total. The third-order valence-corrected chi connectivity index (χ3v) is 5.50. The first-order valence-corrected chi connectivity index (χ1v) is 8.58. The van der Waals surface area contributed by atoms with Gasteiger partial charge in [0.15, 0.2) is 5.78 Å². The summed E-state index contributed by atoms with van der Waals surface area (Å²) in [7, 11) is 0. The van der Waals surface area contributed by atoms with Crippen molar-refractivity contribution < 1.29 is 14.3 Å². The fraction of sp³-hybridized carbons (Fsp3) is 0.333. The van der Waals surface area contributed by atoms with Gasteiger partial charge >= 0.3 is 5.97 Å². The van der Waals surface area contributed by atoms with E-state index in [-0.39, 0.29) is 23.6 Å². The smallest absolute Gasteiger partial charge is 0.325 e. The highest BCUT2D eigenvalue weighted by atomic mass is 16.5. The molecule has 0 saturated heterocycles. The molecule has 1 fully saturated rings. The van der Waals surface area contributed by atoms with Crippen LogP contribution in [0.4, 0.5) is 0 Å². The minimum Gasteiger partial charge on any atom is -0.425 e. The van der Waals surface area contributed by atoms with Gasteiger partial charge in [-0.05, 0) is 30.4 Å². The summed E-state index contributed by atoms with van der Waals surface area (Å²) in [6.45, 7) is 1.97. The first kappa shape index (κ1) is 15.1. The molecule has 1 saturated carbocycles. The summed E-state index contributed by atoms with van der Waals surface area (Å²) in [6.07, 6.45) is 1.72. The van der Waals surface area contributed by atoms with Gasteiger partial charge in [0.05, 0.1) is 0 Å². The first-order chi connectivity index (χ1) is 11.7. The van der Waals surface area contributed by atoms with Crippen molar-refractivity contribution in [2.75, 3.05) is 0 Å². The van der Waals surface area contributed by atoms with Gasteiger partial charge in [0.2, 0.25) is 0 Å². The standard InChI is InChI=1S/C21H20O3/c1-2-8-18(22)21-13-16(14-9-4-3-5-10-14)19(21)15-11-6-7-12-17(15)24-20(21)23/h3-7,9-12,16,19H,2,8,13H2,1H3/t16?,19-,21-/m0/s1. The Morgan fingerprint density at radius 1 is 1.12 bits per heavy atom. The Kier molecular flexibility index (Phi) is 3.52. The highest BCUT2D eigenvalue weighted by molar-refractivity contribution is 6.08.